The number of amides is 1. The van der Waals surface area contributed by atoms with Crippen LogP contribution in [0, 0.1) is 0 Å². The van der Waals surface area contributed by atoms with Crippen LogP contribution in [-0.2, 0) is 4.79 Å². The Bertz CT molecular complexity index is 1370. The fourth-order valence-electron chi connectivity index (χ4n) is 5.32. The Balaban J connectivity index is 0.00000172. The molecule has 3 aromatic rings. The summed E-state index contributed by atoms with van der Waals surface area (Å²) in [5, 5.41) is 8.05. The molecule has 0 bridgehead atoms. The second-order valence-electron chi connectivity index (χ2n) is 9.77. The summed E-state index contributed by atoms with van der Waals surface area (Å²) in [5.41, 5.74) is 5.20. The zero-order valence-corrected chi connectivity index (χ0v) is 23.8. The Labute approximate surface area is 231 Å². The van der Waals surface area contributed by atoms with Gasteiger partial charge >= 0.3 is 0 Å². The van der Waals surface area contributed by atoms with Crippen LogP contribution in [0.5, 0.6) is 0 Å². The molecule has 0 spiro atoms. The second-order valence-corrected chi connectivity index (χ2v) is 9.77. The van der Waals surface area contributed by atoms with Gasteiger partial charge in [-0.15, -0.1) is 0 Å². The van der Waals surface area contributed by atoms with Crippen LogP contribution in [0.25, 0.3) is 11.3 Å². The molecule has 2 aromatic heterocycles. The number of nitrogens with zero attached hydrogens (tertiary/aromatic N) is 5. The number of aromatic nitrogens is 3. The molecule has 5 rings (SSSR count). The maximum Gasteiger partial charge on any atom is 0.222 e. The molecule has 0 aliphatic carbocycles. The summed E-state index contributed by atoms with van der Waals surface area (Å²) < 4.78 is 1.78. The third kappa shape index (κ3) is 5.79. The third-order valence-electron chi connectivity index (χ3n) is 7.43. The van der Waals surface area contributed by atoms with Gasteiger partial charge in [-0.3, -0.25) is 14.6 Å². The van der Waals surface area contributed by atoms with E-state index in [1.807, 2.05) is 69.3 Å². The first-order valence-electron chi connectivity index (χ1n) is 14.2. The lowest BCUT2D eigenvalue weighted by Gasteiger charge is -2.33. The first kappa shape index (κ1) is 28.2. The van der Waals surface area contributed by atoms with Gasteiger partial charge in [0.25, 0.3) is 0 Å². The molecule has 1 amide bonds. The number of likely N-dealkylation sites (tertiary alicyclic amines) is 1. The van der Waals surface area contributed by atoms with Gasteiger partial charge in [0.15, 0.2) is 11.4 Å². The molecule has 4 heterocycles. The summed E-state index contributed by atoms with van der Waals surface area (Å²) in [7, 11) is 0. The summed E-state index contributed by atoms with van der Waals surface area (Å²) in [5.74, 6) is 1.12. The molecule has 0 radical (unpaired) electrons. The number of aliphatic imine (C=N–C) groups is 1. The Morgan fingerprint density at radius 1 is 1.21 bits per heavy atom. The SMILES string of the molecule is C/C=C(\N=CC(C)c1cnn2c3c(c(C4CCN(C(=O)CC)CC4)nc12)C(=O)CCN3)c1ccccc1.CC. The molecule has 0 saturated carbocycles. The third-order valence-corrected chi connectivity index (χ3v) is 7.43. The van der Waals surface area contributed by atoms with E-state index >= 15 is 0 Å². The van der Waals surface area contributed by atoms with Crippen LogP contribution in [0.3, 0.4) is 0 Å². The molecule has 8 heteroatoms. The Morgan fingerprint density at radius 3 is 2.59 bits per heavy atom. The number of hydrogen-bond acceptors (Lipinski definition) is 6. The van der Waals surface area contributed by atoms with Gasteiger partial charge in [0, 0.05) is 56.1 Å². The number of benzene rings is 1. The number of allylic oxidation sites excluding steroid dienone is 1. The van der Waals surface area contributed by atoms with Gasteiger partial charge in [0.2, 0.25) is 5.91 Å². The van der Waals surface area contributed by atoms with Crippen LogP contribution in [0.2, 0.25) is 0 Å². The fraction of sp³-hybridized carbons (Fsp3) is 0.452. The van der Waals surface area contributed by atoms with Crippen molar-refractivity contribution >= 4 is 35.1 Å². The molecule has 1 aromatic carbocycles. The summed E-state index contributed by atoms with van der Waals surface area (Å²) in [6.07, 6.45) is 8.35. The predicted molar refractivity (Wildman–Crippen MR) is 158 cm³/mol. The van der Waals surface area contributed by atoms with Gasteiger partial charge in [-0.1, -0.05) is 64.1 Å². The zero-order valence-electron chi connectivity index (χ0n) is 23.8. The summed E-state index contributed by atoms with van der Waals surface area (Å²) >= 11 is 0. The molecule has 1 atom stereocenters. The number of hydrogen-bond donors (Lipinski definition) is 1. The fourth-order valence-corrected chi connectivity index (χ4v) is 5.32. The molecule has 39 heavy (non-hydrogen) atoms. The highest BCUT2D eigenvalue weighted by Gasteiger charge is 2.33. The Hall–Kier alpha value is -3.81. The number of nitrogens with one attached hydrogen (secondary N) is 1. The molecular formula is C31H40N6O2. The number of carbonyl (C=O) groups excluding carboxylic acids is 2. The quantitative estimate of drug-likeness (QED) is 0.390. The van der Waals surface area contributed by atoms with Crippen LogP contribution in [-0.4, -0.2) is 57.0 Å². The molecule has 1 N–H and O–H groups in total. The van der Waals surface area contributed by atoms with Crippen molar-refractivity contribution < 1.29 is 9.59 Å². The first-order valence-corrected chi connectivity index (χ1v) is 14.2. The summed E-state index contributed by atoms with van der Waals surface area (Å²) in [4.78, 5) is 37.1. The number of fused-ring (bicyclic) bond motifs is 3. The van der Waals surface area contributed by atoms with Gasteiger partial charge in [-0.2, -0.15) is 9.61 Å². The average Bonchev–Trinajstić information content (AvgIpc) is 3.43. The van der Waals surface area contributed by atoms with Crippen LogP contribution >= 0.6 is 0 Å². The molecule has 1 unspecified atom stereocenters. The number of Topliss-reactive ketones (excluding diaryl/α,β-unsaturated/α-hetero) is 1. The number of rotatable bonds is 6. The summed E-state index contributed by atoms with van der Waals surface area (Å²) in [6.45, 7) is 12.0. The molecule has 8 nitrogen and oxygen atoms in total. The predicted octanol–water partition coefficient (Wildman–Crippen LogP) is 6.11. The normalized spacial score (nSPS) is 17.0. The summed E-state index contributed by atoms with van der Waals surface area (Å²) in [6, 6.07) is 10.1. The highest BCUT2D eigenvalue weighted by molar-refractivity contribution is 6.04. The standard InChI is InChI=1S/C29H34N6O2.C2H6/c1-4-23(20-9-7-6-8-10-20)31-17-19(3)22-18-32-35-28(22)33-27(26-24(36)11-14-30-29(26)35)21-12-15-34(16-13-21)25(37)5-2;1-2/h4,6-10,17-19,21,30H,5,11-16H2,1-3H3;1-2H3/b23-4-,31-17?;. The van der Waals surface area contributed by atoms with E-state index in [1.165, 1.54) is 0 Å². The molecule has 2 aliphatic heterocycles. The Kier molecular flexibility index (Phi) is 9.28. The minimum Gasteiger partial charge on any atom is -0.369 e. The number of carbonyl (C=O) groups is 2. The van der Waals surface area contributed by atoms with Crippen molar-refractivity contribution in [1.82, 2.24) is 19.5 Å². The minimum absolute atomic E-state index is 0.0297. The van der Waals surface area contributed by atoms with Crippen LogP contribution in [0.4, 0.5) is 5.82 Å². The maximum atomic E-state index is 13.1. The van der Waals surface area contributed by atoms with Crippen LogP contribution < -0.4 is 5.32 Å². The number of ketones is 1. The molecule has 2 aliphatic rings. The van der Waals surface area contributed by atoms with Crippen molar-refractivity contribution in [3.05, 3.63) is 65.0 Å². The van der Waals surface area contributed by atoms with Crippen molar-refractivity contribution in [1.29, 1.82) is 0 Å². The highest BCUT2D eigenvalue weighted by atomic mass is 16.2. The highest BCUT2D eigenvalue weighted by Crippen LogP contribution is 2.36. The van der Waals surface area contributed by atoms with Crippen LogP contribution in [0.1, 0.15) is 99.3 Å². The van der Waals surface area contributed by atoms with E-state index in [0.717, 1.165) is 46.8 Å². The number of piperidine rings is 1. The zero-order chi connectivity index (χ0) is 27.9. The van der Waals surface area contributed by atoms with E-state index in [0.29, 0.717) is 38.0 Å². The van der Waals surface area contributed by atoms with E-state index < -0.39 is 0 Å². The van der Waals surface area contributed by atoms with E-state index in [-0.39, 0.29) is 23.5 Å². The topological polar surface area (TPSA) is 92.0 Å². The second kappa shape index (κ2) is 12.8. The Morgan fingerprint density at radius 2 is 1.92 bits per heavy atom. The molecule has 206 valence electrons. The number of anilines is 1. The van der Waals surface area contributed by atoms with E-state index in [1.54, 1.807) is 4.52 Å². The minimum atomic E-state index is -0.0297. The average molecular weight is 529 g/mol. The first-order chi connectivity index (χ1) is 19.0. The van der Waals surface area contributed by atoms with Crippen molar-refractivity contribution in [2.75, 3.05) is 25.0 Å². The maximum absolute atomic E-state index is 13.1. The van der Waals surface area contributed by atoms with Crippen molar-refractivity contribution in [2.24, 2.45) is 4.99 Å². The van der Waals surface area contributed by atoms with E-state index in [4.69, 9.17) is 9.98 Å². The monoisotopic (exact) mass is 528 g/mol. The van der Waals surface area contributed by atoms with Crippen molar-refractivity contribution in [2.45, 2.75) is 72.1 Å². The molecular weight excluding hydrogens is 488 g/mol. The molecule has 1 fully saturated rings. The molecule has 1 saturated heterocycles. The lowest BCUT2D eigenvalue weighted by Crippen LogP contribution is -2.38. The van der Waals surface area contributed by atoms with Gasteiger partial charge < -0.3 is 10.2 Å². The smallest absolute Gasteiger partial charge is 0.222 e. The van der Waals surface area contributed by atoms with Crippen molar-refractivity contribution in [3.63, 3.8) is 0 Å². The van der Waals surface area contributed by atoms with Gasteiger partial charge in [0.05, 0.1) is 23.2 Å². The van der Waals surface area contributed by atoms with Gasteiger partial charge in [0.1, 0.15) is 5.82 Å². The largest absolute Gasteiger partial charge is 0.369 e. The lowest BCUT2D eigenvalue weighted by molar-refractivity contribution is -0.131. The van der Waals surface area contributed by atoms with Crippen LogP contribution in [0.15, 0.2) is 47.6 Å². The van der Waals surface area contributed by atoms with Gasteiger partial charge in [-0.25, -0.2) is 4.98 Å². The lowest BCUT2D eigenvalue weighted by atomic mass is 9.88. The van der Waals surface area contributed by atoms with E-state index in [2.05, 4.69) is 29.5 Å². The van der Waals surface area contributed by atoms with Gasteiger partial charge in [-0.05, 0) is 25.3 Å². The van der Waals surface area contributed by atoms with E-state index in [9.17, 15) is 9.59 Å². The van der Waals surface area contributed by atoms with Crippen molar-refractivity contribution in [3.8, 4) is 0 Å².